The third kappa shape index (κ3) is 2.04. The molecule has 0 aliphatic rings. The van der Waals surface area contributed by atoms with E-state index in [1.807, 2.05) is 67.6 Å². The van der Waals surface area contributed by atoms with Gasteiger partial charge in [0.1, 0.15) is 0 Å². The van der Waals surface area contributed by atoms with Crippen LogP contribution in [-0.2, 0) is 0 Å². The molecule has 0 saturated heterocycles. The van der Waals surface area contributed by atoms with Crippen LogP contribution < -0.4 is 0 Å². The van der Waals surface area contributed by atoms with E-state index < -0.39 is 0 Å². The molecule has 0 radical (unpaired) electrons. The minimum atomic E-state index is 0.0925. The molecule has 0 heterocycles. The predicted octanol–water partition coefficient (Wildman–Crippen LogP) is 4.38. The molecule has 0 atom stereocenters. The fourth-order valence-electron chi connectivity index (χ4n) is 2.42. The fourth-order valence-corrected chi connectivity index (χ4v) is 2.42. The van der Waals surface area contributed by atoms with Crippen LogP contribution in [0.25, 0.3) is 10.8 Å². The summed E-state index contributed by atoms with van der Waals surface area (Å²) in [6.07, 6.45) is 0. The quantitative estimate of drug-likeness (QED) is 0.613. The molecule has 0 N–H and O–H groups in total. The molecular formula is C18H14O. The minimum absolute atomic E-state index is 0.0925. The summed E-state index contributed by atoms with van der Waals surface area (Å²) in [5, 5.41) is 2.13. The van der Waals surface area contributed by atoms with Crippen molar-refractivity contribution in [2.24, 2.45) is 0 Å². The largest absolute Gasteiger partial charge is 0.289 e. The van der Waals surface area contributed by atoms with Crippen LogP contribution in [-0.4, -0.2) is 5.78 Å². The number of benzene rings is 3. The third-order valence-electron chi connectivity index (χ3n) is 3.40. The van der Waals surface area contributed by atoms with Gasteiger partial charge in [0, 0.05) is 11.1 Å². The van der Waals surface area contributed by atoms with Crippen LogP contribution in [0, 0.1) is 6.92 Å². The average molecular weight is 246 g/mol. The molecule has 0 bridgehead atoms. The summed E-state index contributed by atoms with van der Waals surface area (Å²) < 4.78 is 0. The van der Waals surface area contributed by atoms with Crippen molar-refractivity contribution in [2.45, 2.75) is 6.92 Å². The fraction of sp³-hybridized carbons (Fsp3) is 0.0556. The predicted molar refractivity (Wildman–Crippen MR) is 78.6 cm³/mol. The zero-order valence-electron chi connectivity index (χ0n) is 10.8. The molecule has 3 rings (SSSR count). The SMILES string of the molecule is Cc1ccc2ccccc2c1C(=O)c1ccccc1. The highest BCUT2D eigenvalue weighted by Crippen LogP contribution is 2.24. The second kappa shape index (κ2) is 4.69. The number of fused-ring (bicyclic) bond motifs is 1. The van der Waals surface area contributed by atoms with Crippen LogP contribution in [0.1, 0.15) is 21.5 Å². The van der Waals surface area contributed by atoms with Gasteiger partial charge < -0.3 is 0 Å². The van der Waals surface area contributed by atoms with Crippen LogP contribution in [0.15, 0.2) is 66.7 Å². The molecule has 92 valence electrons. The first kappa shape index (κ1) is 11.7. The summed E-state index contributed by atoms with van der Waals surface area (Å²) in [4.78, 5) is 12.7. The van der Waals surface area contributed by atoms with Gasteiger partial charge in [0.25, 0.3) is 0 Å². The summed E-state index contributed by atoms with van der Waals surface area (Å²) in [5.74, 6) is 0.0925. The lowest BCUT2D eigenvalue weighted by Crippen LogP contribution is -2.04. The lowest BCUT2D eigenvalue weighted by atomic mass is 9.93. The molecule has 0 amide bonds. The van der Waals surface area contributed by atoms with Crippen LogP contribution in [0.3, 0.4) is 0 Å². The van der Waals surface area contributed by atoms with E-state index in [-0.39, 0.29) is 5.78 Å². The maximum atomic E-state index is 12.7. The summed E-state index contributed by atoms with van der Waals surface area (Å²) in [6.45, 7) is 1.99. The van der Waals surface area contributed by atoms with Crippen molar-refractivity contribution in [1.29, 1.82) is 0 Å². The van der Waals surface area contributed by atoms with Crippen LogP contribution in [0.4, 0.5) is 0 Å². The Labute approximate surface area is 112 Å². The summed E-state index contributed by atoms with van der Waals surface area (Å²) in [6, 6.07) is 21.5. The smallest absolute Gasteiger partial charge is 0.193 e. The first-order valence-corrected chi connectivity index (χ1v) is 6.35. The molecule has 0 spiro atoms. The Morgan fingerprint density at radius 1 is 0.789 bits per heavy atom. The molecular weight excluding hydrogens is 232 g/mol. The highest BCUT2D eigenvalue weighted by molar-refractivity contribution is 6.17. The van der Waals surface area contributed by atoms with Crippen molar-refractivity contribution >= 4 is 16.6 Å². The van der Waals surface area contributed by atoms with Crippen molar-refractivity contribution in [1.82, 2.24) is 0 Å². The van der Waals surface area contributed by atoms with E-state index >= 15 is 0 Å². The van der Waals surface area contributed by atoms with Crippen LogP contribution in [0.2, 0.25) is 0 Å². The van der Waals surface area contributed by atoms with Gasteiger partial charge in [-0.05, 0) is 23.3 Å². The number of aryl methyl sites for hydroxylation is 1. The van der Waals surface area contributed by atoms with Gasteiger partial charge in [0.05, 0.1) is 0 Å². The second-order valence-electron chi connectivity index (χ2n) is 4.67. The number of hydrogen-bond donors (Lipinski definition) is 0. The van der Waals surface area contributed by atoms with Gasteiger partial charge in [0.2, 0.25) is 0 Å². The van der Waals surface area contributed by atoms with E-state index in [2.05, 4.69) is 6.07 Å². The lowest BCUT2D eigenvalue weighted by Gasteiger charge is -2.09. The van der Waals surface area contributed by atoms with E-state index in [1.165, 1.54) is 0 Å². The average Bonchev–Trinajstić information content (AvgIpc) is 2.47. The number of rotatable bonds is 2. The molecule has 0 unspecified atom stereocenters. The number of hydrogen-bond acceptors (Lipinski definition) is 1. The van der Waals surface area contributed by atoms with Crippen LogP contribution >= 0.6 is 0 Å². The van der Waals surface area contributed by atoms with Gasteiger partial charge >= 0.3 is 0 Å². The normalized spacial score (nSPS) is 10.6. The van der Waals surface area contributed by atoms with E-state index in [1.54, 1.807) is 0 Å². The van der Waals surface area contributed by atoms with Crippen molar-refractivity contribution in [2.75, 3.05) is 0 Å². The summed E-state index contributed by atoms with van der Waals surface area (Å²) in [7, 11) is 0. The Balaban J connectivity index is 2.25. The van der Waals surface area contributed by atoms with Crippen molar-refractivity contribution in [3.63, 3.8) is 0 Å². The van der Waals surface area contributed by atoms with E-state index in [0.29, 0.717) is 0 Å². The van der Waals surface area contributed by atoms with E-state index in [0.717, 1.165) is 27.5 Å². The topological polar surface area (TPSA) is 17.1 Å². The summed E-state index contributed by atoms with van der Waals surface area (Å²) >= 11 is 0. The summed E-state index contributed by atoms with van der Waals surface area (Å²) in [5.41, 5.74) is 2.57. The Morgan fingerprint density at radius 3 is 2.26 bits per heavy atom. The molecule has 0 saturated carbocycles. The molecule has 1 heteroatoms. The second-order valence-corrected chi connectivity index (χ2v) is 4.67. The Morgan fingerprint density at radius 2 is 1.47 bits per heavy atom. The van der Waals surface area contributed by atoms with Crippen molar-refractivity contribution in [3.8, 4) is 0 Å². The van der Waals surface area contributed by atoms with Crippen molar-refractivity contribution in [3.05, 3.63) is 83.4 Å². The molecule has 0 aromatic heterocycles. The molecule has 3 aromatic carbocycles. The third-order valence-corrected chi connectivity index (χ3v) is 3.40. The number of carbonyl (C=O) groups is 1. The van der Waals surface area contributed by atoms with Gasteiger partial charge in [-0.15, -0.1) is 0 Å². The highest BCUT2D eigenvalue weighted by Gasteiger charge is 2.14. The minimum Gasteiger partial charge on any atom is -0.289 e. The van der Waals surface area contributed by atoms with E-state index in [4.69, 9.17) is 0 Å². The maximum absolute atomic E-state index is 12.7. The standard InChI is InChI=1S/C18H14O/c1-13-11-12-14-7-5-6-10-16(14)17(13)18(19)15-8-3-2-4-9-15/h2-12H,1H3. The van der Waals surface area contributed by atoms with Gasteiger partial charge in [0.15, 0.2) is 5.78 Å². The Bertz CT molecular complexity index is 742. The zero-order valence-corrected chi connectivity index (χ0v) is 10.8. The van der Waals surface area contributed by atoms with Crippen molar-refractivity contribution < 1.29 is 4.79 Å². The molecule has 19 heavy (non-hydrogen) atoms. The zero-order chi connectivity index (χ0) is 13.2. The van der Waals surface area contributed by atoms with E-state index in [9.17, 15) is 4.79 Å². The first-order valence-electron chi connectivity index (χ1n) is 6.35. The first-order chi connectivity index (χ1) is 9.27. The molecule has 1 nitrogen and oxygen atoms in total. The van der Waals surface area contributed by atoms with Crippen LogP contribution in [0.5, 0.6) is 0 Å². The molecule has 0 fully saturated rings. The number of ketones is 1. The molecule has 3 aromatic rings. The Hall–Kier alpha value is -2.41. The highest BCUT2D eigenvalue weighted by atomic mass is 16.1. The Kier molecular flexibility index (Phi) is 2.88. The number of carbonyl (C=O) groups excluding carboxylic acids is 1. The maximum Gasteiger partial charge on any atom is 0.193 e. The lowest BCUT2D eigenvalue weighted by molar-refractivity contribution is 0.104. The molecule has 0 aliphatic heterocycles. The van der Waals surface area contributed by atoms with Gasteiger partial charge in [-0.25, -0.2) is 0 Å². The van der Waals surface area contributed by atoms with Gasteiger partial charge in [-0.2, -0.15) is 0 Å². The van der Waals surface area contributed by atoms with Gasteiger partial charge in [-0.3, -0.25) is 4.79 Å². The monoisotopic (exact) mass is 246 g/mol. The molecule has 0 aliphatic carbocycles. The van der Waals surface area contributed by atoms with Gasteiger partial charge in [-0.1, -0.05) is 66.7 Å².